The number of aliphatic hydroxyl groups excluding tert-OH is 1. The maximum absolute atomic E-state index is 9.40. The Kier molecular flexibility index (Phi) is 3.08. The Morgan fingerprint density at radius 3 is 2.47 bits per heavy atom. The molecule has 2 heteroatoms. The van der Waals surface area contributed by atoms with Gasteiger partial charge < -0.3 is 5.11 Å². The number of benzene rings is 1. The second kappa shape index (κ2) is 4.18. The molecule has 1 aromatic rings. The Labute approximate surface area is 95.9 Å². The van der Waals surface area contributed by atoms with E-state index in [1.54, 1.807) is 0 Å². The summed E-state index contributed by atoms with van der Waals surface area (Å²) >= 11 is 1.85. The van der Waals surface area contributed by atoms with E-state index >= 15 is 0 Å². The van der Waals surface area contributed by atoms with Crippen LogP contribution >= 0.6 is 11.8 Å². The molecule has 0 amide bonds. The first kappa shape index (κ1) is 11.0. The zero-order chi connectivity index (χ0) is 10.9. The number of aliphatic hydroxyl groups is 1. The highest BCUT2D eigenvalue weighted by Crippen LogP contribution is 2.47. The van der Waals surface area contributed by atoms with E-state index in [4.69, 9.17) is 0 Å². The van der Waals surface area contributed by atoms with Crippen molar-refractivity contribution in [2.75, 3.05) is 6.61 Å². The molecule has 0 aromatic heterocycles. The second-order valence-corrected chi connectivity index (χ2v) is 6.08. The Hall–Kier alpha value is -0.470. The summed E-state index contributed by atoms with van der Waals surface area (Å²) in [5.41, 5.74) is 2.68. The molecule has 1 aromatic carbocycles. The minimum absolute atomic E-state index is 0.127. The summed E-state index contributed by atoms with van der Waals surface area (Å²) in [5.74, 6) is 0. The lowest BCUT2D eigenvalue weighted by molar-refractivity contribution is 0.191. The van der Waals surface area contributed by atoms with Crippen LogP contribution in [0.4, 0.5) is 0 Å². The first-order chi connectivity index (χ1) is 7.15. The van der Waals surface area contributed by atoms with Gasteiger partial charge in [-0.15, -0.1) is 11.8 Å². The molecule has 0 unspecified atom stereocenters. The quantitative estimate of drug-likeness (QED) is 0.846. The minimum atomic E-state index is 0.127. The lowest BCUT2D eigenvalue weighted by Crippen LogP contribution is -2.37. The van der Waals surface area contributed by atoms with E-state index in [1.807, 2.05) is 11.8 Å². The van der Waals surface area contributed by atoms with Gasteiger partial charge in [0.15, 0.2) is 0 Å². The van der Waals surface area contributed by atoms with E-state index in [2.05, 4.69) is 32.0 Å². The predicted molar refractivity (Wildman–Crippen MR) is 65.4 cm³/mol. The largest absolute Gasteiger partial charge is 0.395 e. The molecule has 1 nitrogen and oxygen atoms in total. The van der Waals surface area contributed by atoms with Gasteiger partial charge in [-0.2, -0.15) is 0 Å². The zero-order valence-electron chi connectivity index (χ0n) is 9.42. The maximum atomic E-state index is 9.40. The van der Waals surface area contributed by atoms with Crippen molar-refractivity contribution in [3.63, 3.8) is 0 Å². The third kappa shape index (κ3) is 2.21. The van der Waals surface area contributed by atoms with Gasteiger partial charge in [0, 0.05) is 9.64 Å². The van der Waals surface area contributed by atoms with Crippen LogP contribution < -0.4 is 0 Å². The Morgan fingerprint density at radius 1 is 1.27 bits per heavy atom. The number of rotatable bonds is 3. The smallest absolute Gasteiger partial charge is 0.0581 e. The highest BCUT2D eigenvalue weighted by atomic mass is 32.2. The summed E-state index contributed by atoms with van der Waals surface area (Å²) in [5, 5.41) is 9.40. The predicted octanol–water partition coefficient (Wildman–Crippen LogP) is 3.31. The lowest BCUT2D eigenvalue weighted by atomic mass is 9.85. The van der Waals surface area contributed by atoms with Crippen LogP contribution in [0.1, 0.15) is 30.4 Å². The molecule has 0 saturated heterocycles. The molecule has 0 bridgehead atoms. The van der Waals surface area contributed by atoms with Gasteiger partial charge in [-0.25, -0.2) is 0 Å². The van der Waals surface area contributed by atoms with Crippen LogP contribution in [0.25, 0.3) is 0 Å². The molecule has 15 heavy (non-hydrogen) atoms. The molecule has 1 saturated carbocycles. The van der Waals surface area contributed by atoms with E-state index in [1.165, 1.54) is 22.4 Å². The summed E-state index contributed by atoms with van der Waals surface area (Å²) in [4.78, 5) is 1.30. The van der Waals surface area contributed by atoms with Crippen LogP contribution in [0.15, 0.2) is 23.1 Å². The summed E-state index contributed by atoms with van der Waals surface area (Å²) < 4.78 is 0.127. The molecule has 0 spiro atoms. The normalized spacial score (nSPS) is 18.6. The molecule has 0 radical (unpaired) electrons. The van der Waals surface area contributed by atoms with Crippen LogP contribution in [-0.2, 0) is 0 Å². The van der Waals surface area contributed by atoms with Crippen LogP contribution in [0.2, 0.25) is 0 Å². The van der Waals surface area contributed by atoms with Gasteiger partial charge in [0.2, 0.25) is 0 Å². The van der Waals surface area contributed by atoms with Crippen molar-refractivity contribution in [3.8, 4) is 0 Å². The third-order valence-electron chi connectivity index (χ3n) is 3.37. The topological polar surface area (TPSA) is 20.2 Å². The lowest BCUT2D eigenvalue weighted by Gasteiger charge is -2.39. The number of hydrogen-bond acceptors (Lipinski definition) is 2. The van der Waals surface area contributed by atoms with E-state index in [0.29, 0.717) is 6.61 Å². The molecule has 1 aliphatic carbocycles. The fraction of sp³-hybridized carbons (Fsp3) is 0.538. The zero-order valence-corrected chi connectivity index (χ0v) is 10.2. The molecule has 82 valence electrons. The van der Waals surface area contributed by atoms with Crippen molar-refractivity contribution in [2.24, 2.45) is 0 Å². The molecule has 1 fully saturated rings. The number of hydrogen-bond donors (Lipinski definition) is 1. The highest BCUT2D eigenvalue weighted by Gasteiger charge is 2.37. The van der Waals surface area contributed by atoms with Crippen LogP contribution in [-0.4, -0.2) is 16.5 Å². The van der Waals surface area contributed by atoms with Crippen molar-refractivity contribution in [1.82, 2.24) is 0 Å². The Morgan fingerprint density at radius 2 is 2.00 bits per heavy atom. The van der Waals surface area contributed by atoms with Gasteiger partial charge >= 0.3 is 0 Å². The SMILES string of the molecule is Cc1ccc(SC2(CO)CCC2)cc1C. The molecule has 1 aliphatic rings. The average molecular weight is 222 g/mol. The minimum Gasteiger partial charge on any atom is -0.395 e. The van der Waals surface area contributed by atoms with Gasteiger partial charge in [0.25, 0.3) is 0 Å². The van der Waals surface area contributed by atoms with E-state index in [0.717, 1.165) is 12.8 Å². The van der Waals surface area contributed by atoms with Gasteiger partial charge in [0.1, 0.15) is 0 Å². The first-order valence-corrected chi connectivity index (χ1v) is 6.34. The first-order valence-electron chi connectivity index (χ1n) is 5.52. The summed E-state index contributed by atoms with van der Waals surface area (Å²) in [6.07, 6.45) is 3.57. The highest BCUT2D eigenvalue weighted by molar-refractivity contribution is 8.00. The van der Waals surface area contributed by atoms with Gasteiger partial charge in [0.05, 0.1) is 6.61 Å². The summed E-state index contributed by atoms with van der Waals surface area (Å²) in [7, 11) is 0. The van der Waals surface area contributed by atoms with Crippen molar-refractivity contribution in [3.05, 3.63) is 29.3 Å². The number of aryl methyl sites for hydroxylation is 2. The van der Waals surface area contributed by atoms with Crippen molar-refractivity contribution in [1.29, 1.82) is 0 Å². The van der Waals surface area contributed by atoms with Crippen LogP contribution in [0.5, 0.6) is 0 Å². The van der Waals surface area contributed by atoms with Gasteiger partial charge in [-0.05, 0) is 49.9 Å². The fourth-order valence-electron chi connectivity index (χ4n) is 1.89. The summed E-state index contributed by atoms with van der Waals surface area (Å²) in [6, 6.07) is 6.57. The summed E-state index contributed by atoms with van der Waals surface area (Å²) in [6.45, 7) is 4.59. The molecule has 0 aliphatic heterocycles. The van der Waals surface area contributed by atoms with Crippen molar-refractivity contribution < 1.29 is 5.11 Å². The fourth-order valence-corrected chi connectivity index (χ4v) is 3.32. The monoisotopic (exact) mass is 222 g/mol. The van der Waals surface area contributed by atoms with Gasteiger partial charge in [-0.1, -0.05) is 12.5 Å². The molecular weight excluding hydrogens is 204 g/mol. The van der Waals surface area contributed by atoms with Crippen molar-refractivity contribution in [2.45, 2.75) is 42.8 Å². The Balaban J connectivity index is 2.13. The molecule has 0 heterocycles. The van der Waals surface area contributed by atoms with E-state index in [-0.39, 0.29) is 4.75 Å². The Bertz CT molecular complexity index is 350. The van der Waals surface area contributed by atoms with E-state index in [9.17, 15) is 5.11 Å². The number of thioether (sulfide) groups is 1. The van der Waals surface area contributed by atoms with Gasteiger partial charge in [-0.3, -0.25) is 0 Å². The van der Waals surface area contributed by atoms with Crippen LogP contribution in [0, 0.1) is 13.8 Å². The van der Waals surface area contributed by atoms with E-state index < -0.39 is 0 Å². The standard InChI is InChI=1S/C13H18OS/c1-10-4-5-12(8-11(10)2)15-13(9-14)6-3-7-13/h4-5,8,14H,3,6-7,9H2,1-2H3. The molecule has 0 atom stereocenters. The third-order valence-corrected chi connectivity index (χ3v) is 4.83. The van der Waals surface area contributed by atoms with Crippen molar-refractivity contribution >= 4 is 11.8 Å². The average Bonchev–Trinajstić information content (AvgIpc) is 2.17. The molecular formula is C13H18OS. The molecule has 2 rings (SSSR count). The molecule has 1 N–H and O–H groups in total. The maximum Gasteiger partial charge on any atom is 0.0581 e. The second-order valence-electron chi connectivity index (χ2n) is 4.54. The van der Waals surface area contributed by atoms with Crippen LogP contribution in [0.3, 0.4) is 0 Å².